The van der Waals surface area contributed by atoms with Gasteiger partial charge in [0.05, 0.1) is 11.6 Å². The second kappa shape index (κ2) is 5.71. The Morgan fingerprint density at radius 3 is 2.53 bits per heavy atom. The summed E-state index contributed by atoms with van der Waals surface area (Å²) >= 11 is 13.6. The highest BCUT2D eigenvalue weighted by Gasteiger charge is 2.01. The molecule has 0 amide bonds. The van der Waals surface area contributed by atoms with Gasteiger partial charge in [0.2, 0.25) is 0 Å². The second-order valence-electron chi connectivity index (χ2n) is 3.59. The Hall–Kier alpha value is -0.770. The van der Waals surface area contributed by atoms with Gasteiger partial charge in [0.1, 0.15) is 0 Å². The maximum absolute atomic E-state index is 5.92. The summed E-state index contributed by atoms with van der Waals surface area (Å²) in [5.74, 6) is 0. The number of nitrogens with one attached hydrogen (secondary N) is 1. The maximum atomic E-state index is 5.92. The van der Waals surface area contributed by atoms with Gasteiger partial charge in [-0.3, -0.25) is 0 Å². The predicted molar refractivity (Wildman–Crippen MR) is 75.3 cm³/mol. The molecule has 0 radical (unpaired) electrons. The molecule has 0 fully saturated rings. The normalized spacial score (nSPS) is 10.5. The van der Waals surface area contributed by atoms with E-state index in [9.17, 15) is 0 Å². The number of aromatic nitrogens is 1. The first-order valence-electron chi connectivity index (χ1n) is 5.31. The molecule has 0 aliphatic carbocycles. The summed E-state index contributed by atoms with van der Waals surface area (Å²) in [6.07, 6.45) is 2.89. The predicted octanol–water partition coefficient (Wildman–Crippen LogP) is 4.62. The monoisotopic (exact) mass is 286 g/mol. The molecule has 0 aliphatic heterocycles. The van der Waals surface area contributed by atoms with Crippen LogP contribution in [-0.4, -0.2) is 4.98 Å². The number of thiazole rings is 1. The number of benzene rings is 1. The van der Waals surface area contributed by atoms with Crippen molar-refractivity contribution >= 4 is 40.2 Å². The third-order valence-electron chi connectivity index (χ3n) is 2.23. The van der Waals surface area contributed by atoms with Crippen LogP contribution in [0, 0.1) is 0 Å². The van der Waals surface area contributed by atoms with Crippen LogP contribution >= 0.6 is 34.5 Å². The number of nitrogens with zero attached hydrogens (tertiary/aromatic N) is 1. The van der Waals surface area contributed by atoms with Crippen molar-refractivity contribution in [2.24, 2.45) is 0 Å². The lowest BCUT2D eigenvalue weighted by Gasteiger charge is -2.05. The topological polar surface area (TPSA) is 24.9 Å². The number of hydrogen-bond donors (Lipinski definition) is 1. The van der Waals surface area contributed by atoms with Gasteiger partial charge in [-0.05, 0) is 24.6 Å². The van der Waals surface area contributed by atoms with Crippen molar-refractivity contribution in [3.8, 4) is 0 Å². The van der Waals surface area contributed by atoms with Crippen LogP contribution in [0.25, 0.3) is 0 Å². The van der Waals surface area contributed by atoms with E-state index in [1.54, 1.807) is 17.4 Å². The van der Waals surface area contributed by atoms with Crippen molar-refractivity contribution in [1.82, 2.24) is 4.98 Å². The van der Waals surface area contributed by atoms with Crippen LogP contribution in [0.2, 0.25) is 10.0 Å². The van der Waals surface area contributed by atoms with E-state index in [0.29, 0.717) is 10.0 Å². The van der Waals surface area contributed by atoms with Gasteiger partial charge < -0.3 is 5.32 Å². The molecule has 5 heteroatoms. The lowest BCUT2D eigenvalue weighted by Crippen LogP contribution is -1.97. The van der Waals surface area contributed by atoms with Gasteiger partial charge in [-0.25, -0.2) is 4.98 Å². The van der Waals surface area contributed by atoms with Gasteiger partial charge in [-0.1, -0.05) is 30.1 Å². The van der Waals surface area contributed by atoms with E-state index in [1.165, 1.54) is 4.88 Å². The summed E-state index contributed by atoms with van der Waals surface area (Å²) < 4.78 is 0. The summed E-state index contributed by atoms with van der Waals surface area (Å²) in [6.45, 7) is 2.85. The molecule has 0 atom stereocenters. The minimum atomic E-state index is 0.638. The molecule has 1 aromatic heterocycles. The third-order valence-corrected chi connectivity index (χ3v) is 3.81. The highest BCUT2D eigenvalue weighted by Crippen LogP contribution is 2.23. The van der Waals surface area contributed by atoms with Crippen LogP contribution in [0.15, 0.2) is 24.4 Å². The van der Waals surface area contributed by atoms with E-state index in [2.05, 4.69) is 17.2 Å². The van der Waals surface area contributed by atoms with Gasteiger partial charge in [-0.2, -0.15) is 0 Å². The molecule has 0 bridgehead atoms. The van der Waals surface area contributed by atoms with E-state index in [4.69, 9.17) is 23.2 Å². The van der Waals surface area contributed by atoms with Crippen LogP contribution in [-0.2, 0) is 13.0 Å². The quantitative estimate of drug-likeness (QED) is 0.887. The van der Waals surface area contributed by atoms with Gasteiger partial charge in [0.25, 0.3) is 0 Å². The molecule has 2 rings (SSSR count). The maximum Gasteiger partial charge on any atom is 0.0925 e. The van der Waals surface area contributed by atoms with E-state index in [1.807, 2.05) is 18.3 Å². The average molecular weight is 287 g/mol. The Balaban J connectivity index is 2.01. The summed E-state index contributed by atoms with van der Waals surface area (Å²) in [6, 6.07) is 5.43. The fraction of sp³-hybridized carbons (Fsp3) is 0.250. The molecule has 1 N–H and O–H groups in total. The molecule has 0 unspecified atom stereocenters. The number of anilines is 1. The van der Waals surface area contributed by atoms with Crippen molar-refractivity contribution < 1.29 is 0 Å². The Labute approximate surface area is 115 Å². The smallest absolute Gasteiger partial charge is 0.0925 e. The number of hydrogen-bond acceptors (Lipinski definition) is 3. The first-order valence-corrected chi connectivity index (χ1v) is 6.88. The summed E-state index contributed by atoms with van der Waals surface area (Å²) in [5.41, 5.74) is 0.925. The van der Waals surface area contributed by atoms with Crippen molar-refractivity contribution in [2.45, 2.75) is 19.9 Å². The molecule has 2 nitrogen and oxygen atoms in total. The van der Waals surface area contributed by atoms with Gasteiger partial charge in [0, 0.05) is 26.8 Å². The summed E-state index contributed by atoms with van der Waals surface area (Å²) in [7, 11) is 0. The molecule has 0 saturated heterocycles. The highest BCUT2D eigenvalue weighted by molar-refractivity contribution is 7.11. The largest absolute Gasteiger partial charge is 0.380 e. The molecular formula is C12H12Cl2N2S. The Morgan fingerprint density at radius 1 is 1.24 bits per heavy atom. The molecule has 1 aromatic carbocycles. The van der Waals surface area contributed by atoms with E-state index in [-0.39, 0.29) is 0 Å². The fourth-order valence-corrected chi connectivity index (χ4v) is 2.77. The van der Waals surface area contributed by atoms with Crippen molar-refractivity contribution in [1.29, 1.82) is 0 Å². The lowest BCUT2D eigenvalue weighted by atomic mass is 10.3. The number of aryl methyl sites for hydroxylation is 1. The Kier molecular flexibility index (Phi) is 4.26. The summed E-state index contributed by atoms with van der Waals surface area (Å²) in [5, 5.41) is 5.71. The SMILES string of the molecule is CCc1ncc(CNc2cc(Cl)cc(Cl)c2)s1. The van der Waals surface area contributed by atoms with Crippen LogP contribution in [0.1, 0.15) is 16.8 Å². The first-order chi connectivity index (χ1) is 8.17. The first kappa shape index (κ1) is 12.7. The van der Waals surface area contributed by atoms with Crippen molar-refractivity contribution in [3.63, 3.8) is 0 Å². The summed E-state index contributed by atoms with van der Waals surface area (Å²) in [4.78, 5) is 5.51. The molecular weight excluding hydrogens is 275 g/mol. The number of halogens is 2. The molecule has 1 heterocycles. The van der Waals surface area contributed by atoms with Crippen LogP contribution in [0.5, 0.6) is 0 Å². The third kappa shape index (κ3) is 3.60. The van der Waals surface area contributed by atoms with Crippen molar-refractivity contribution in [2.75, 3.05) is 5.32 Å². The van der Waals surface area contributed by atoms with Crippen LogP contribution in [0.3, 0.4) is 0 Å². The van der Waals surface area contributed by atoms with E-state index < -0.39 is 0 Å². The van der Waals surface area contributed by atoms with Crippen molar-refractivity contribution in [3.05, 3.63) is 44.3 Å². The standard InChI is InChI=1S/C12H12Cl2N2S/c1-2-12-16-7-11(17-12)6-15-10-4-8(13)3-9(14)5-10/h3-5,7,15H,2,6H2,1H3. The second-order valence-corrected chi connectivity index (χ2v) is 5.66. The lowest BCUT2D eigenvalue weighted by molar-refractivity contribution is 1.09. The zero-order valence-electron chi connectivity index (χ0n) is 9.34. The number of rotatable bonds is 4. The van der Waals surface area contributed by atoms with E-state index in [0.717, 1.165) is 23.7 Å². The zero-order valence-corrected chi connectivity index (χ0v) is 11.7. The minimum Gasteiger partial charge on any atom is -0.380 e. The highest BCUT2D eigenvalue weighted by atomic mass is 35.5. The Morgan fingerprint density at radius 2 is 1.94 bits per heavy atom. The molecule has 17 heavy (non-hydrogen) atoms. The van der Waals surface area contributed by atoms with E-state index >= 15 is 0 Å². The average Bonchev–Trinajstić information content (AvgIpc) is 2.73. The molecule has 0 spiro atoms. The van der Waals surface area contributed by atoms with Crippen LogP contribution < -0.4 is 5.32 Å². The molecule has 90 valence electrons. The van der Waals surface area contributed by atoms with Gasteiger partial charge >= 0.3 is 0 Å². The van der Waals surface area contributed by atoms with Crippen LogP contribution in [0.4, 0.5) is 5.69 Å². The van der Waals surface area contributed by atoms with Gasteiger partial charge in [0.15, 0.2) is 0 Å². The molecule has 0 aliphatic rings. The van der Waals surface area contributed by atoms with Gasteiger partial charge in [-0.15, -0.1) is 11.3 Å². The minimum absolute atomic E-state index is 0.638. The molecule has 2 aromatic rings. The Bertz CT molecular complexity index is 491. The fourth-order valence-electron chi connectivity index (χ4n) is 1.44. The zero-order chi connectivity index (χ0) is 12.3. The molecule has 0 saturated carbocycles.